The minimum atomic E-state index is -2.43. The van der Waals surface area contributed by atoms with Crippen molar-refractivity contribution in [3.8, 4) is 11.5 Å². The molecular formula is C56H57N5O10. The van der Waals surface area contributed by atoms with E-state index >= 15 is 9.59 Å². The van der Waals surface area contributed by atoms with E-state index in [2.05, 4.69) is 20.3 Å². The number of ether oxygens (including phenoxy) is 2. The molecule has 4 aliphatic heterocycles. The van der Waals surface area contributed by atoms with Gasteiger partial charge in [0, 0.05) is 81.3 Å². The number of nitrogens with zero attached hydrogens (tertiary/aromatic N) is 2. The number of fused-ring (bicyclic) bond motifs is 5. The van der Waals surface area contributed by atoms with E-state index < -0.39 is 64.3 Å². The average molecular weight is 960 g/mol. The number of carbonyl (C=O) groups is 2. The number of hydrogen-bond donors (Lipinski definition) is 9. The summed E-state index contributed by atoms with van der Waals surface area (Å²) in [6.45, 7) is 1.75. The largest absolute Gasteiger partial charge is 0.507 e. The number of phenols is 1. The van der Waals surface area contributed by atoms with Crippen LogP contribution in [0, 0.1) is 29.1 Å². The summed E-state index contributed by atoms with van der Waals surface area (Å²) >= 11 is 0. The molecule has 5 spiro atoms. The van der Waals surface area contributed by atoms with Crippen LogP contribution in [0.5, 0.6) is 11.5 Å². The Balaban J connectivity index is 1.08. The second-order valence-corrected chi connectivity index (χ2v) is 23.3. The van der Waals surface area contributed by atoms with Gasteiger partial charge in [0.15, 0.2) is 17.5 Å². The van der Waals surface area contributed by atoms with Crippen LogP contribution >= 0.6 is 0 Å². The van der Waals surface area contributed by atoms with E-state index in [1.165, 1.54) is 6.07 Å². The molecule has 11 aliphatic rings. The maximum atomic E-state index is 15.2. The van der Waals surface area contributed by atoms with Crippen LogP contribution in [0.3, 0.4) is 0 Å². The molecule has 7 aliphatic carbocycles. The van der Waals surface area contributed by atoms with Crippen molar-refractivity contribution >= 4 is 33.7 Å². The van der Waals surface area contributed by atoms with Gasteiger partial charge in [-0.1, -0.05) is 18.4 Å². The van der Waals surface area contributed by atoms with E-state index in [0.717, 1.165) is 91.6 Å². The Bertz CT molecular complexity index is 3300. The van der Waals surface area contributed by atoms with Gasteiger partial charge in [-0.25, -0.2) is 9.97 Å². The molecule has 1 saturated heterocycles. The topological polar surface area (TPSA) is 243 Å². The fourth-order valence-corrected chi connectivity index (χ4v) is 17.2. The maximum absolute atomic E-state index is 15.2. The Morgan fingerprint density at radius 2 is 1.75 bits per heavy atom. The molecule has 0 amide bonds. The highest BCUT2D eigenvalue weighted by Gasteiger charge is 2.76. The summed E-state index contributed by atoms with van der Waals surface area (Å²) in [6.07, 6.45) is 9.67. The SMILES string of the molecule is Cc1cc(O)c2c(c1)C(=O)c1c(c3cc4c(nccc14)NC[C@H](O)[C@@]14CC[C@H]5CCCc6c(Cc7cnc[nH]7)[nH]c(c6[C@@H]51)C1=C[C@@]5(O3)O[C@@]3(C1=C4C[C@@]1(CCC4(CCCC4)C1)[C@H]3O)[C@@H](O)[C@H](O)[C@H]5O)C2=O. The number of aromatic nitrogens is 4. The third-order valence-corrected chi connectivity index (χ3v) is 20.0. The number of ketones is 2. The van der Waals surface area contributed by atoms with E-state index in [0.29, 0.717) is 65.4 Å². The number of rotatable bonds is 2. The van der Waals surface area contributed by atoms with E-state index in [-0.39, 0.29) is 57.5 Å². The summed E-state index contributed by atoms with van der Waals surface area (Å²) in [6, 6.07) is 6.22. The van der Waals surface area contributed by atoms with E-state index in [9.17, 15) is 30.6 Å². The van der Waals surface area contributed by atoms with Gasteiger partial charge in [-0.3, -0.25) is 9.59 Å². The number of imidazole rings is 1. The highest BCUT2D eigenvalue weighted by Crippen LogP contribution is 2.75. The average Bonchev–Trinajstić information content (AvgIpc) is 4.21. The van der Waals surface area contributed by atoms with Crippen LogP contribution in [0.15, 0.2) is 60.2 Å². The number of aryl methyl sites for hydroxylation is 1. The molecule has 3 aromatic heterocycles. The molecule has 15 nitrogen and oxygen atoms in total. The van der Waals surface area contributed by atoms with E-state index in [4.69, 9.17) is 14.5 Å². The molecule has 71 heavy (non-hydrogen) atoms. The van der Waals surface area contributed by atoms with Crippen molar-refractivity contribution in [1.29, 1.82) is 0 Å². The minimum Gasteiger partial charge on any atom is -0.507 e. The lowest BCUT2D eigenvalue weighted by Crippen LogP contribution is -2.78. The van der Waals surface area contributed by atoms with Crippen LogP contribution in [0.1, 0.15) is 149 Å². The number of aromatic amines is 2. The Morgan fingerprint density at radius 1 is 0.901 bits per heavy atom. The first-order valence-corrected chi connectivity index (χ1v) is 25.8. The number of anilines is 1. The second-order valence-electron chi connectivity index (χ2n) is 23.3. The number of aliphatic hydroxyl groups is 5. The minimum absolute atomic E-state index is 0.0104. The third-order valence-electron chi connectivity index (χ3n) is 20.0. The first-order chi connectivity index (χ1) is 34.2. The lowest BCUT2D eigenvalue weighted by molar-refractivity contribution is -0.366. The molecule has 16 rings (SSSR count). The molecule has 15 heteroatoms. The van der Waals surface area contributed by atoms with Gasteiger partial charge in [0.2, 0.25) is 5.78 Å². The molecule has 5 aromatic rings. The molecule has 2 aromatic carbocycles. The number of hydrogen-bond acceptors (Lipinski definition) is 13. The van der Waals surface area contributed by atoms with Crippen LogP contribution in [0.2, 0.25) is 0 Å². The highest BCUT2D eigenvalue weighted by atomic mass is 16.7. The van der Waals surface area contributed by atoms with Crippen molar-refractivity contribution < 1.29 is 49.7 Å². The summed E-state index contributed by atoms with van der Waals surface area (Å²) in [5.41, 5.74) is 2.90. The number of aliphatic hydroxyl groups excluding tert-OH is 5. The summed E-state index contributed by atoms with van der Waals surface area (Å²) < 4.78 is 14.7. The Morgan fingerprint density at radius 3 is 2.56 bits per heavy atom. The zero-order chi connectivity index (χ0) is 48.3. The van der Waals surface area contributed by atoms with Gasteiger partial charge >= 0.3 is 0 Å². The number of nitrogens with one attached hydrogen (secondary N) is 3. The monoisotopic (exact) mass is 959 g/mol. The van der Waals surface area contributed by atoms with Crippen LogP contribution in [0.25, 0.3) is 16.3 Å². The normalized spacial score (nSPS) is 36.6. The molecule has 366 valence electrons. The molecule has 0 radical (unpaired) electrons. The molecule has 4 fully saturated rings. The molecule has 3 saturated carbocycles. The second kappa shape index (κ2) is 14.1. The summed E-state index contributed by atoms with van der Waals surface area (Å²) in [7, 11) is 0. The van der Waals surface area contributed by atoms with Gasteiger partial charge in [-0.15, -0.1) is 0 Å². The van der Waals surface area contributed by atoms with Crippen molar-refractivity contribution in [1.82, 2.24) is 19.9 Å². The van der Waals surface area contributed by atoms with E-state index in [1.807, 2.05) is 0 Å². The Kier molecular flexibility index (Phi) is 8.52. The van der Waals surface area contributed by atoms with Gasteiger partial charge in [-0.2, -0.15) is 0 Å². The highest BCUT2D eigenvalue weighted by molar-refractivity contribution is 6.34. The molecular weight excluding hydrogens is 903 g/mol. The zero-order valence-corrected chi connectivity index (χ0v) is 39.5. The number of pyridine rings is 1. The van der Waals surface area contributed by atoms with Crippen molar-refractivity contribution in [3.63, 3.8) is 0 Å². The van der Waals surface area contributed by atoms with Crippen molar-refractivity contribution in [2.75, 3.05) is 11.9 Å². The van der Waals surface area contributed by atoms with Crippen LogP contribution in [-0.2, 0) is 17.6 Å². The smallest absolute Gasteiger partial charge is 0.261 e. The Labute approximate surface area is 408 Å². The van der Waals surface area contributed by atoms with Gasteiger partial charge in [0.05, 0.1) is 29.7 Å². The summed E-state index contributed by atoms with van der Waals surface area (Å²) in [5, 5.41) is 82.1. The molecule has 11 atom stereocenters. The Hall–Kier alpha value is -5.68. The number of H-pyrrole nitrogens is 2. The van der Waals surface area contributed by atoms with E-state index in [1.54, 1.807) is 49.9 Å². The first-order valence-electron chi connectivity index (χ1n) is 25.8. The molecule has 7 heterocycles. The zero-order valence-electron chi connectivity index (χ0n) is 39.5. The van der Waals surface area contributed by atoms with Gasteiger partial charge in [0.1, 0.15) is 29.5 Å². The van der Waals surface area contributed by atoms with Gasteiger partial charge < -0.3 is 55.4 Å². The number of carbonyl (C=O) groups excluding carboxylic acids is 2. The third kappa shape index (κ3) is 5.19. The lowest BCUT2D eigenvalue weighted by atomic mass is 9.50. The standard InChI is InChI=1S/C56H57N5O10/c1-25-15-31-38(35(62)16-25)46(65)41-36-18-30-28(39(41)45(31)64)8-14-58-50(30)59-22-37(63)54-11-7-26-5-4-6-29-34(17-27-21-57-24-60-27)61-44(40(29)42(26)54)32-19-55(70-36)48(67)47(66)49(68)56(71-55)43(32)33(54)20-53(51(56)69)13-12-52(23-53)9-2-3-10-52/h8,14-16,18-19,21,24,26,37,42,47-49,51,61-63,66-69H,2-7,9-13,17,20,22-23H2,1H3,(H,57,60)(H,58,59)/t26-,37+,42-,47-,48-,49+,51-,53-,54+,55-,56+/m1/s1. The van der Waals surface area contributed by atoms with Gasteiger partial charge in [-0.05, 0) is 147 Å². The fraction of sp³-hybridized carbons (Fsp3) is 0.500. The fourth-order valence-electron chi connectivity index (χ4n) is 17.2. The molecule has 0 unspecified atom stereocenters. The number of phenolic OH excluding ortho intramolecular Hbond substituents is 1. The summed E-state index contributed by atoms with van der Waals surface area (Å²) in [5.74, 6) is -4.00. The number of benzene rings is 2. The molecule has 9 N–H and O–H groups in total. The van der Waals surface area contributed by atoms with Crippen LogP contribution < -0.4 is 10.1 Å². The first kappa shape index (κ1) is 43.0. The predicted molar refractivity (Wildman–Crippen MR) is 257 cm³/mol. The molecule has 8 bridgehead atoms. The van der Waals surface area contributed by atoms with Crippen molar-refractivity contribution in [3.05, 3.63) is 116 Å². The number of aromatic hydroxyl groups is 1. The maximum Gasteiger partial charge on any atom is 0.261 e. The lowest BCUT2D eigenvalue weighted by Gasteiger charge is -2.64. The van der Waals surface area contributed by atoms with Crippen molar-refractivity contribution in [2.24, 2.45) is 22.2 Å². The van der Waals surface area contributed by atoms with Crippen LogP contribution in [-0.4, -0.2) is 111 Å². The van der Waals surface area contributed by atoms with Gasteiger partial charge in [0.25, 0.3) is 5.79 Å². The van der Waals surface area contributed by atoms with Crippen LogP contribution in [0.4, 0.5) is 5.82 Å². The quantitative estimate of drug-likeness (QED) is 0.0955. The predicted octanol–water partition coefficient (Wildman–Crippen LogP) is 6.10. The summed E-state index contributed by atoms with van der Waals surface area (Å²) in [4.78, 5) is 46.6. The van der Waals surface area contributed by atoms with Crippen molar-refractivity contribution in [2.45, 2.75) is 145 Å².